The third-order valence-corrected chi connectivity index (χ3v) is 3.90. The van der Waals surface area contributed by atoms with Crippen molar-refractivity contribution in [2.24, 2.45) is 0 Å². The van der Waals surface area contributed by atoms with Gasteiger partial charge in [0, 0.05) is 11.8 Å². The molecule has 3 rings (SSSR count). The van der Waals surface area contributed by atoms with E-state index in [9.17, 15) is 9.59 Å². The Balaban J connectivity index is 1.55. The minimum atomic E-state index is -0.558. The summed E-state index contributed by atoms with van der Waals surface area (Å²) in [6.07, 6.45) is 3.03. The van der Waals surface area contributed by atoms with Crippen molar-refractivity contribution in [3.8, 4) is 0 Å². The maximum atomic E-state index is 11.9. The van der Waals surface area contributed by atoms with Crippen molar-refractivity contribution in [1.82, 2.24) is 0 Å². The van der Waals surface area contributed by atoms with Crippen LogP contribution in [0.5, 0.6) is 0 Å². The summed E-state index contributed by atoms with van der Waals surface area (Å²) in [7, 11) is 0. The second-order valence-electron chi connectivity index (χ2n) is 5.92. The van der Waals surface area contributed by atoms with Gasteiger partial charge in [0.25, 0.3) is 5.91 Å². The van der Waals surface area contributed by atoms with E-state index >= 15 is 0 Å². The zero-order chi connectivity index (χ0) is 18.4. The van der Waals surface area contributed by atoms with Crippen LogP contribution in [0.3, 0.4) is 0 Å². The zero-order valence-electron chi connectivity index (χ0n) is 14.4. The molecule has 4 heteroatoms. The Hall–Kier alpha value is -3.40. The number of anilines is 1. The number of amides is 1. The van der Waals surface area contributed by atoms with Gasteiger partial charge < -0.3 is 10.1 Å². The Kier molecular flexibility index (Phi) is 5.44. The molecule has 0 heterocycles. The van der Waals surface area contributed by atoms with Gasteiger partial charge in [0.15, 0.2) is 6.61 Å². The van der Waals surface area contributed by atoms with Crippen molar-refractivity contribution in [2.75, 3.05) is 11.9 Å². The molecule has 0 aromatic heterocycles. The summed E-state index contributed by atoms with van der Waals surface area (Å²) in [6, 6.07) is 21.2. The molecule has 1 N–H and O–H groups in total. The van der Waals surface area contributed by atoms with Crippen LogP contribution in [0.25, 0.3) is 16.8 Å². The van der Waals surface area contributed by atoms with E-state index in [-0.39, 0.29) is 12.5 Å². The third-order valence-electron chi connectivity index (χ3n) is 3.90. The van der Waals surface area contributed by atoms with Crippen LogP contribution in [0.1, 0.15) is 11.1 Å². The van der Waals surface area contributed by atoms with Gasteiger partial charge in [0.1, 0.15) is 0 Å². The van der Waals surface area contributed by atoms with Crippen molar-refractivity contribution in [3.05, 3.63) is 83.9 Å². The summed E-state index contributed by atoms with van der Waals surface area (Å²) < 4.78 is 5.00. The molecule has 0 saturated heterocycles. The topological polar surface area (TPSA) is 55.4 Å². The van der Waals surface area contributed by atoms with Gasteiger partial charge in [-0.3, -0.25) is 4.79 Å². The molecule has 0 spiro atoms. The molecule has 0 aliphatic rings. The number of hydrogen-bond donors (Lipinski definition) is 1. The van der Waals surface area contributed by atoms with Gasteiger partial charge in [-0.1, -0.05) is 60.2 Å². The van der Waals surface area contributed by atoms with E-state index in [2.05, 4.69) is 5.32 Å². The Morgan fingerprint density at radius 3 is 2.50 bits per heavy atom. The average molecular weight is 345 g/mol. The summed E-state index contributed by atoms with van der Waals surface area (Å²) in [5, 5.41) is 4.83. The number of ether oxygens (including phenoxy) is 1. The smallest absolute Gasteiger partial charge is 0.331 e. The molecule has 0 unspecified atom stereocenters. The van der Waals surface area contributed by atoms with Crippen molar-refractivity contribution in [1.29, 1.82) is 0 Å². The Bertz CT molecular complexity index is 953. The standard InChI is InChI=1S/C22H19NO3/c1-16-9-12-19(13-10-16)23-21(24)15-26-22(25)14-11-18-7-4-6-17-5-2-3-8-20(17)18/h2-14H,15H2,1H3,(H,23,24). The van der Waals surface area contributed by atoms with E-state index in [1.54, 1.807) is 18.2 Å². The minimum Gasteiger partial charge on any atom is -0.452 e. The lowest BCUT2D eigenvalue weighted by molar-refractivity contribution is -0.142. The molecule has 3 aromatic rings. The molecular weight excluding hydrogens is 326 g/mol. The van der Waals surface area contributed by atoms with Gasteiger partial charge >= 0.3 is 5.97 Å². The van der Waals surface area contributed by atoms with Crippen LogP contribution < -0.4 is 5.32 Å². The van der Waals surface area contributed by atoms with Crippen LogP contribution in [-0.2, 0) is 14.3 Å². The zero-order valence-corrected chi connectivity index (χ0v) is 14.4. The first kappa shape index (κ1) is 17.4. The third kappa shape index (κ3) is 4.57. The molecular formula is C22H19NO3. The SMILES string of the molecule is Cc1ccc(NC(=O)COC(=O)C=Cc2cccc3ccccc23)cc1. The van der Waals surface area contributed by atoms with Crippen molar-refractivity contribution >= 4 is 34.4 Å². The maximum absolute atomic E-state index is 11.9. The average Bonchev–Trinajstić information content (AvgIpc) is 2.66. The fourth-order valence-electron chi connectivity index (χ4n) is 2.57. The van der Waals surface area contributed by atoms with E-state index in [0.717, 1.165) is 21.9 Å². The van der Waals surface area contributed by atoms with E-state index in [1.165, 1.54) is 6.08 Å². The normalized spacial score (nSPS) is 10.8. The highest BCUT2D eigenvalue weighted by molar-refractivity contribution is 5.96. The molecule has 0 aliphatic carbocycles. The highest BCUT2D eigenvalue weighted by Gasteiger charge is 2.06. The first-order valence-electron chi connectivity index (χ1n) is 8.31. The molecule has 0 fully saturated rings. The number of carbonyl (C=O) groups excluding carboxylic acids is 2. The molecule has 3 aromatic carbocycles. The lowest BCUT2D eigenvalue weighted by Gasteiger charge is -2.06. The summed E-state index contributed by atoms with van der Waals surface area (Å²) in [5.74, 6) is -0.933. The number of nitrogens with one attached hydrogen (secondary N) is 1. The van der Waals surface area contributed by atoms with Gasteiger partial charge in [0.2, 0.25) is 0 Å². The van der Waals surface area contributed by atoms with Crippen LogP contribution in [-0.4, -0.2) is 18.5 Å². The maximum Gasteiger partial charge on any atom is 0.331 e. The van der Waals surface area contributed by atoms with Crippen molar-refractivity contribution in [3.63, 3.8) is 0 Å². The quantitative estimate of drug-likeness (QED) is 0.553. The first-order valence-corrected chi connectivity index (χ1v) is 8.31. The molecule has 26 heavy (non-hydrogen) atoms. The lowest BCUT2D eigenvalue weighted by atomic mass is 10.0. The Morgan fingerprint density at radius 2 is 1.69 bits per heavy atom. The number of esters is 1. The van der Waals surface area contributed by atoms with Crippen LogP contribution in [0, 0.1) is 6.92 Å². The molecule has 0 aliphatic heterocycles. The number of aryl methyl sites for hydroxylation is 1. The monoisotopic (exact) mass is 345 g/mol. The van der Waals surface area contributed by atoms with Gasteiger partial charge in [-0.2, -0.15) is 0 Å². The number of fused-ring (bicyclic) bond motifs is 1. The van der Waals surface area contributed by atoms with Gasteiger partial charge in [-0.05, 0) is 41.5 Å². The molecule has 0 radical (unpaired) electrons. The summed E-state index contributed by atoms with van der Waals surface area (Å²) >= 11 is 0. The minimum absolute atomic E-state index is 0.327. The van der Waals surface area contributed by atoms with Crippen molar-refractivity contribution < 1.29 is 14.3 Å². The van der Waals surface area contributed by atoms with Gasteiger partial charge in [-0.25, -0.2) is 4.79 Å². The first-order chi connectivity index (χ1) is 12.6. The second-order valence-corrected chi connectivity index (χ2v) is 5.92. The molecule has 4 nitrogen and oxygen atoms in total. The molecule has 130 valence electrons. The molecule has 0 saturated carbocycles. The van der Waals surface area contributed by atoms with Crippen LogP contribution in [0.2, 0.25) is 0 Å². The highest BCUT2D eigenvalue weighted by atomic mass is 16.5. The summed E-state index contributed by atoms with van der Waals surface area (Å²) in [4.78, 5) is 23.7. The van der Waals surface area contributed by atoms with Gasteiger partial charge in [0.05, 0.1) is 0 Å². The molecule has 1 amide bonds. The van der Waals surface area contributed by atoms with Crippen LogP contribution in [0.4, 0.5) is 5.69 Å². The fourth-order valence-corrected chi connectivity index (χ4v) is 2.57. The van der Waals surface area contributed by atoms with E-state index in [0.29, 0.717) is 5.69 Å². The number of hydrogen-bond acceptors (Lipinski definition) is 3. The van der Waals surface area contributed by atoms with E-state index in [4.69, 9.17) is 4.74 Å². The van der Waals surface area contributed by atoms with E-state index in [1.807, 2.05) is 61.5 Å². The number of rotatable bonds is 5. The van der Waals surface area contributed by atoms with Crippen LogP contribution >= 0.6 is 0 Å². The highest BCUT2D eigenvalue weighted by Crippen LogP contribution is 2.19. The molecule has 0 atom stereocenters. The summed E-state index contributed by atoms with van der Waals surface area (Å²) in [5.41, 5.74) is 2.69. The largest absolute Gasteiger partial charge is 0.452 e. The lowest BCUT2D eigenvalue weighted by Crippen LogP contribution is -2.20. The van der Waals surface area contributed by atoms with Gasteiger partial charge in [-0.15, -0.1) is 0 Å². The fraction of sp³-hybridized carbons (Fsp3) is 0.0909. The van der Waals surface area contributed by atoms with Crippen LogP contribution in [0.15, 0.2) is 72.8 Å². The van der Waals surface area contributed by atoms with E-state index < -0.39 is 5.97 Å². The Labute approximate surface area is 152 Å². The second kappa shape index (κ2) is 8.12. The predicted molar refractivity (Wildman–Crippen MR) is 104 cm³/mol. The Morgan fingerprint density at radius 1 is 0.962 bits per heavy atom. The molecule has 0 bridgehead atoms. The predicted octanol–water partition coefficient (Wildman–Crippen LogP) is 4.34. The number of carbonyl (C=O) groups is 2. The van der Waals surface area contributed by atoms with Crippen molar-refractivity contribution in [2.45, 2.75) is 6.92 Å². The number of benzene rings is 3. The summed E-state index contributed by atoms with van der Waals surface area (Å²) in [6.45, 7) is 1.64.